The molecular weight excluding hydrogens is 689 g/mol. The molecule has 0 unspecified atom stereocenters. The number of amides is 5. The number of nitrogens with one attached hydrogen (secondary N) is 4. The summed E-state index contributed by atoms with van der Waals surface area (Å²) in [5.74, 6) is -2.57. The molecule has 0 radical (unpaired) electrons. The Morgan fingerprint density at radius 2 is 1.77 bits per heavy atom. The fourth-order valence-corrected chi connectivity index (χ4v) is 8.68. The van der Waals surface area contributed by atoms with Crippen LogP contribution in [0, 0.1) is 5.92 Å². The van der Waals surface area contributed by atoms with Crippen molar-refractivity contribution in [3.8, 4) is 17.0 Å². The quantitative estimate of drug-likeness (QED) is 0.342. The van der Waals surface area contributed by atoms with Crippen molar-refractivity contribution in [1.29, 1.82) is 0 Å². The molecule has 7 rings (SSSR count). The number of hydrogen-bond donors (Lipinski definition) is 4. The lowest BCUT2D eigenvalue weighted by molar-refractivity contribution is -0.142. The molecule has 2 aromatic rings. The van der Waals surface area contributed by atoms with Crippen LogP contribution in [0.1, 0.15) is 81.1 Å². The molecule has 3 aliphatic heterocycles. The second-order valence-electron chi connectivity index (χ2n) is 14.4. The Labute approximate surface area is 302 Å². The van der Waals surface area contributed by atoms with E-state index in [4.69, 9.17) is 4.74 Å². The van der Waals surface area contributed by atoms with Crippen LogP contribution in [0.25, 0.3) is 11.3 Å². The van der Waals surface area contributed by atoms with Crippen molar-refractivity contribution in [3.63, 3.8) is 0 Å². The van der Waals surface area contributed by atoms with Crippen molar-refractivity contribution in [2.24, 2.45) is 5.92 Å². The van der Waals surface area contributed by atoms with Gasteiger partial charge in [-0.05, 0) is 75.6 Å². The van der Waals surface area contributed by atoms with Gasteiger partial charge in [0, 0.05) is 30.5 Å². The molecule has 1 saturated heterocycles. The van der Waals surface area contributed by atoms with E-state index in [1.54, 1.807) is 24.3 Å². The third-order valence-electron chi connectivity index (χ3n) is 10.5. The summed E-state index contributed by atoms with van der Waals surface area (Å²) in [6.07, 6.45) is 8.74. The molecule has 4 N–H and O–H groups in total. The fraction of sp³-hybridized carbons (Fsp3) is 0.514. The Bertz CT molecular complexity index is 1900. The fourth-order valence-electron chi connectivity index (χ4n) is 7.32. The molecule has 14 nitrogen and oxygen atoms in total. The minimum absolute atomic E-state index is 0.0246. The third-order valence-corrected chi connectivity index (χ3v) is 12.3. The molecule has 0 spiro atoms. The van der Waals surface area contributed by atoms with Gasteiger partial charge in [-0.1, -0.05) is 43.2 Å². The Morgan fingerprint density at radius 3 is 2.60 bits per heavy atom. The van der Waals surface area contributed by atoms with Crippen LogP contribution in [0.5, 0.6) is 5.75 Å². The highest BCUT2D eigenvalue weighted by Gasteiger charge is 2.62. The first-order chi connectivity index (χ1) is 25.0. The van der Waals surface area contributed by atoms with E-state index in [9.17, 15) is 32.4 Å². The Kier molecular flexibility index (Phi) is 10.1. The smallest absolute Gasteiger partial charge is 0.270 e. The number of carbonyl (C=O) groups is 5. The highest BCUT2D eigenvalue weighted by Crippen LogP contribution is 2.46. The summed E-state index contributed by atoms with van der Waals surface area (Å²) in [6, 6.07) is 9.68. The van der Waals surface area contributed by atoms with Crippen LogP contribution in [-0.2, 0) is 29.2 Å². The van der Waals surface area contributed by atoms with Gasteiger partial charge in [-0.15, -0.1) is 0 Å². The summed E-state index contributed by atoms with van der Waals surface area (Å²) >= 11 is 0. The number of hydrogen-bond acceptors (Lipinski definition) is 9. The van der Waals surface area contributed by atoms with Gasteiger partial charge >= 0.3 is 0 Å². The molecule has 5 amide bonds. The average Bonchev–Trinajstić information content (AvgIpc) is 4.05. The van der Waals surface area contributed by atoms with E-state index in [1.165, 1.54) is 4.90 Å². The van der Waals surface area contributed by atoms with Crippen LogP contribution in [-0.4, -0.2) is 89.9 Å². The number of ether oxygens (including phenoxy) is 1. The first-order valence-electron chi connectivity index (χ1n) is 18.2. The molecular formula is C37H44N6O8S. The van der Waals surface area contributed by atoms with E-state index in [0.29, 0.717) is 50.0 Å². The zero-order chi connectivity index (χ0) is 36.5. The molecule has 276 valence electrons. The highest BCUT2D eigenvalue weighted by atomic mass is 32.2. The second kappa shape index (κ2) is 14.7. The van der Waals surface area contributed by atoms with Gasteiger partial charge in [-0.2, -0.15) is 0 Å². The average molecular weight is 733 g/mol. The first kappa shape index (κ1) is 35.6. The van der Waals surface area contributed by atoms with Crippen molar-refractivity contribution in [2.75, 3.05) is 13.2 Å². The molecule has 2 aliphatic carbocycles. The van der Waals surface area contributed by atoms with Crippen molar-refractivity contribution in [1.82, 2.24) is 30.6 Å². The van der Waals surface area contributed by atoms with Crippen LogP contribution in [0.4, 0.5) is 0 Å². The number of fused-ring (bicyclic) bond motifs is 8. The SMILES string of the molecule is O=C1CCCOc2cccc(c2)-c2cccc(n2)C(=O)N[C@@H]2C[C@H]3C(=O)N[C@]4(C(=O)NS(=O)(=O)C5CC5)C[C@H]4/C=C\CCCCC[C@H](N1)C(=O)N3C2. The van der Waals surface area contributed by atoms with Crippen LogP contribution >= 0.6 is 0 Å². The number of aromatic nitrogens is 1. The minimum Gasteiger partial charge on any atom is -0.494 e. The maximum atomic E-state index is 14.4. The molecule has 15 heteroatoms. The number of sulfonamides is 1. The van der Waals surface area contributed by atoms with Gasteiger partial charge in [-0.25, -0.2) is 13.4 Å². The van der Waals surface area contributed by atoms with Crippen LogP contribution in [0.2, 0.25) is 0 Å². The van der Waals surface area contributed by atoms with Gasteiger partial charge in [0.1, 0.15) is 29.1 Å². The lowest BCUT2D eigenvalue weighted by Crippen LogP contribution is -2.58. The summed E-state index contributed by atoms with van der Waals surface area (Å²) in [5, 5.41) is 8.06. The predicted octanol–water partition coefficient (Wildman–Crippen LogP) is 2.11. The maximum Gasteiger partial charge on any atom is 0.270 e. The number of carbonyl (C=O) groups excluding carboxylic acids is 5. The molecule has 7 bridgehead atoms. The van der Waals surface area contributed by atoms with Crippen molar-refractivity contribution < 1.29 is 37.1 Å². The second-order valence-corrected chi connectivity index (χ2v) is 16.4. The van der Waals surface area contributed by atoms with Crippen molar-refractivity contribution in [3.05, 3.63) is 60.3 Å². The number of benzene rings is 1. The van der Waals surface area contributed by atoms with E-state index in [0.717, 1.165) is 18.4 Å². The van der Waals surface area contributed by atoms with E-state index in [1.807, 2.05) is 30.4 Å². The zero-order valence-corrected chi connectivity index (χ0v) is 29.7. The Balaban J connectivity index is 1.20. The number of rotatable bonds is 3. The summed E-state index contributed by atoms with van der Waals surface area (Å²) < 4.78 is 33.7. The van der Waals surface area contributed by atoms with Crippen molar-refractivity contribution >= 4 is 39.6 Å². The normalized spacial score (nSPS) is 29.3. The lowest BCUT2D eigenvalue weighted by Gasteiger charge is -2.30. The van der Waals surface area contributed by atoms with Crippen LogP contribution in [0.3, 0.4) is 0 Å². The molecule has 4 heterocycles. The highest BCUT2D eigenvalue weighted by molar-refractivity contribution is 7.91. The summed E-state index contributed by atoms with van der Waals surface area (Å²) in [5.41, 5.74) is -0.0757. The standard InChI is InChI=1S/C37H44N6O8S/c44-32-15-8-18-51-26-11-6-9-23(19-26)28-13-7-14-29(39-28)33(45)38-25-20-31-34(46)41-37(36(48)42-52(49,50)27-16-17-27)21-24(37)10-4-2-1-3-5-12-30(40-32)35(47)43(31)22-25/h4,6-7,9-11,13-14,19,24-25,27,30-31H,1-3,5,8,12,15-18,20-22H2,(H,38,45)(H,40,44)(H,41,46)(H,42,48)/b10-4-/t24-,25-,30+,31+,37-/m1/s1. The third kappa shape index (κ3) is 7.83. The molecule has 1 aromatic carbocycles. The number of allylic oxidation sites excluding steroid dienone is 1. The van der Waals surface area contributed by atoms with Crippen LogP contribution in [0.15, 0.2) is 54.6 Å². The van der Waals surface area contributed by atoms with E-state index in [2.05, 4.69) is 25.7 Å². The van der Waals surface area contributed by atoms with E-state index in [-0.39, 0.29) is 44.0 Å². The molecule has 1 aromatic heterocycles. The lowest BCUT2D eigenvalue weighted by atomic mass is 10.0. The monoisotopic (exact) mass is 732 g/mol. The van der Waals surface area contributed by atoms with Gasteiger partial charge in [0.25, 0.3) is 11.8 Å². The maximum absolute atomic E-state index is 14.4. The van der Waals surface area contributed by atoms with Gasteiger partial charge in [0.15, 0.2) is 0 Å². The zero-order valence-electron chi connectivity index (χ0n) is 28.8. The topological polar surface area (TPSA) is 193 Å². The number of nitrogens with zero attached hydrogens (tertiary/aromatic N) is 2. The Hall–Kier alpha value is -4.79. The van der Waals surface area contributed by atoms with E-state index < -0.39 is 68.5 Å². The van der Waals surface area contributed by atoms with Crippen molar-refractivity contribution in [2.45, 2.75) is 99.5 Å². The summed E-state index contributed by atoms with van der Waals surface area (Å²) in [7, 11) is -3.89. The summed E-state index contributed by atoms with van der Waals surface area (Å²) in [4.78, 5) is 75.0. The van der Waals surface area contributed by atoms with Gasteiger partial charge in [-0.3, -0.25) is 28.7 Å². The molecule has 52 heavy (non-hydrogen) atoms. The largest absolute Gasteiger partial charge is 0.494 e. The van der Waals surface area contributed by atoms with Gasteiger partial charge in [0.05, 0.1) is 17.6 Å². The predicted molar refractivity (Wildman–Crippen MR) is 189 cm³/mol. The van der Waals surface area contributed by atoms with Crippen LogP contribution < -0.4 is 25.4 Å². The Morgan fingerprint density at radius 1 is 0.962 bits per heavy atom. The molecule has 2 saturated carbocycles. The molecule has 5 atom stereocenters. The molecule has 3 fully saturated rings. The van der Waals surface area contributed by atoms with E-state index >= 15 is 0 Å². The first-order valence-corrected chi connectivity index (χ1v) is 19.7. The van der Waals surface area contributed by atoms with Gasteiger partial charge in [0.2, 0.25) is 27.7 Å². The number of pyridine rings is 1. The minimum atomic E-state index is -3.89. The molecule has 5 aliphatic rings. The van der Waals surface area contributed by atoms with Gasteiger partial charge < -0.3 is 25.6 Å². The summed E-state index contributed by atoms with van der Waals surface area (Å²) in [6.45, 7) is 0.233.